The number of aromatic nitrogens is 4. The topological polar surface area (TPSA) is 206 Å². The molecule has 5 rings (SSSR count). The number of aliphatic hydroxyl groups is 1. The number of nitrogen functional groups attached to an aromatic ring is 1. The summed E-state index contributed by atoms with van der Waals surface area (Å²) < 4.78 is 39.2. The molecule has 0 saturated carbocycles. The third-order valence-corrected chi connectivity index (χ3v) is 8.21. The number of fused-ring (bicyclic) bond motifs is 1. The number of anilines is 1. The van der Waals surface area contributed by atoms with Crippen LogP contribution in [0, 0.1) is 0 Å². The number of benzene rings is 1. The number of amides is 1. The van der Waals surface area contributed by atoms with Crippen LogP contribution in [0.3, 0.4) is 0 Å². The summed E-state index contributed by atoms with van der Waals surface area (Å²) in [6, 6.07) is 6.03. The Morgan fingerprint density at radius 3 is 2.82 bits per heavy atom. The van der Waals surface area contributed by atoms with Crippen LogP contribution in [-0.4, -0.2) is 62.6 Å². The summed E-state index contributed by atoms with van der Waals surface area (Å²) in [6.45, 7) is -0.0477. The van der Waals surface area contributed by atoms with E-state index in [1.54, 1.807) is 23.0 Å². The molecule has 0 bridgehead atoms. The van der Waals surface area contributed by atoms with E-state index >= 15 is 0 Å². The number of aliphatic hydroxyl groups excluding tert-OH is 1. The van der Waals surface area contributed by atoms with Gasteiger partial charge in [0, 0.05) is 24.0 Å². The van der Waals surface area contributed by atoms with E-state index in [-0.39, 0.29) is 53.6 Å². The predicted molar refractivity (Wildman–Crippen MR) is 138 cm³/mol. The fraction of sp³-hybridized carbons (Fsp3) is 0.304. The largest absolute Gasteiger partial charge is 0.503 e. The molecule has 204 valence electrons. The van der Waals surface area contributed by atoms with Crippen molar-refractivity contribution in [1.82, 2.24) is 24.2 Å². The minimum Gasteiger partial charge on any atom is -0.503 e. The molecule has 4 N–H and O–H groups in total. The molecule has 1 fully saturated rings. The highest BCUT2D eigenvalue weighted by Gasteiger charge is 2.39. The van der Waals surface area contributed by atoms with Gasteiger partial charge in [-0.25, -0.2) is 23.4 Å². The third-order valence-electron chi connectivity index (χ3n) is 6.15. The predicted octanol–water partition coefficient (Wildman–Crippen LogP) is 0.976. The average Bonchev–Trinajstić information content (AvgIpc) is 3.58. The highest BCUT2D eigenvalue weighted by molar-refractivity contribution is 8.11. The lowest BCUT2D eigenvalue weighted by atomic mass is 9.99. The molecule has 1 saturated heterocycles. The molecule has 2 aliphatic heterocycles. The second kappa shape index (κ2) is 11.1. The van der Waals surface area contributed by atoms with E-state index in [0.29, 0.717) is 24.0 Å². The van der Waals surface area contributed by atoms with Crippen LogP contribution in [0.2, 0.25) is 0 Å². The minimum absolute atomic E-state index is 0.0477. The fourth-order valence-corrected chi connectivity index (χ4v) is 5.81. The van der Waals surface area contributed by atoms with Crippen LogP contribution in [0.4, 0.5) is 5.82 Å². The maximum absolute atomic E-state index is 12.7. The summed E-state index contributed by atoms with van der Waals surface area (Å²) >= 11 is -2.16. The standard InChI is InChI=1S/C23H22N6O8S2/c24-21-18-22(26-10-25-21)29(11-27-18)17-8-5-12(37-17)9-36-39(35)28-16(31)7-6-15(30)13-3-1-2-4-14(13)20-19(32)23(33)38(20)34/h1-4,10-12,17,32H,5-9H2,(H,28,31)(H2,24,25,26). The quantitative estimate of drug-likeness (QED) is 0.290. The van der Waals surface area contributed by atoms with Gasteiger partial charge >= 0.3 is 0 Å². The van der Waals surface area contributed by atoms with Crippen molar-refractivity contribution in [2.24, 2.45) is 0 Å². The van der Waals surface area contributed by atoms with Crippen LogP contribution in [0.15, 0.2) is 42.7 Å². The van der Waals surface area contributed by atoms with Gasteiger partial charge in [-0.05, 0) is 12.8 Å². The van der Waals surface area contributed by atoms with Crippen LogP contribution in [0.1, 0.15) is 47.8 Å². The molecule has 1 amide bonds. The Balaban J connectivity index is 1.09. The zero-order valence-corrected chi connectivity index (χ0v) is 21.8. The number of nitrogens with two attached hydrogens (primary N) is 1. The smallest absolute Gasteiger partial charge is 0.289 e. The number of hydrogen-bond donors (Lipinski definition) is 3. The maximum atomic E-state index is 12.7. The molecule has 2 aromatic heterocycles. The van der Waals surface area contributed by atoms with Gasteiger partial charge in [-0.15, -0.1) is 0 Å². The zero-order chi connectivity index (χ0) is 27.7. The van der Waals surface area contributed by atoms with Gasteiger partial charge in [-0.3, -0.25) is 27.9 Å². The van der Waals surface area contributed by atoms with Crippen molar-refractivity contribution in [3.8, 4) is 0 Å². The Hall–Kier alpha value is -3.86. The molecule has 0 spiro atoms. The number of hydrogen-bond acceptors (Lipinski definition) is 12. The molecule has 4 atom stereocenters. The fourth-order valence-electron chi connectivity index (χ4n) is 4.23. The van der Waals surface area contributed by atoms with Gasteiger partial charge in [0.05, 0.1) is 19.0 Å². The molecule has 4 unspecified atom stereocenters. The van der Waals surface area contributed by atoms with E-state index in [1.807, 2.05) is 0 Å². The molecular weight excluding hydrogens is 552 g/mol. The third kappa shape index (κ3) is 5.36. The zero-order valence-electron chi connectivity index (χ0n) is 20.1. The Morgan fingerprint density at radius 2 is 2.03 bits per heavy atom. The molecule has 1 aromatic carbocycles. The Bertz CT molecular complexity index is 1570. The molecule has 0 radical (unpaired) electrons. The van der Waals surface area contributed by atoms with Crippen LogP contribution in [-0.2, 0) is 40.6 Å². The number of Topliss-reactive ketones (excluding diaryl/α,β-unsaturated/α-hetero) is 1. The van der Waals surface area contributed by atoms with Gasteiger partial charge < -0.3 is 15.6 Å². The number of carbonyl (C=O) groups is 3. The van der Waals surface area contributed by atoms with Crippen molar-refractivity contribution < 1.29 is 36.8 Å². The number of rotatable bonds is 10. The molecule has 39 heavy (non-hydrogen) atoms. The Morgan fingerprint density at radius 1 is 1.23 bits per heavy atom. The highest BCUT2D eigenvalue weighted by atomic mass is 32.2. The Kier molecular flexibility index (Phi) is 7.60. The lowest BCUT2D eigenvalue weighted by molar-refractivity contribution is -0.119. The van der Waals surface area contributed by atoms with E-state index in [4.69, 9.17) is 14.7 Å². The first-order chi connectivity index (χ1) is 18.7. The summed E-state index contributed by atoms with van der Waals surface area (Å²) in [4.78, 5) is 48.6. The number of ether oxygens (including phenoxy) is 1. The number of nitrogens with zero attached hydrogens (tertiary/aromatic N) is 4. The molecule has 3 aromatic rings. The first-order valence-electron chi connectivity index (χ1n) is 11.7. The van der Waals surface area contributed by atoms with Gasteiger partial charge in [0.2, 0.25) is 5.91 Å². The molecule has 4 heterocycles. The van der Waals surface area contributed by atoms with E-state index < -0.39 is 44.6 Å². The summed E-state index contributed by atoms with van der Waals surface area (Å²) in [7, 11) is -2.05. The second-order valence-corrected chi connectivity index (χ2v) is 10.8. The van der Waals surface area contributed by atoms with E-state index in [1.165, 1.54) is 18.5 Å². The summed E-state index contributed by atoms with van der Waals surface area (Å²) in [5.41, 5.74) is 7.09. The van der Waals surface area contributed by atoms with E-state index in [2.05, 4.69) is 19.7 Å². The van der Waals surface area contributed by atoms with Gasteiger partial charge in [-0.1, -0.05) is 24.3 Å². The molecule has 14 nitrogen and oxygen atoms in total. The number of ketones is 1. The molecule has 16 heteroatoms. The highest BCUT2D eigenvalue weighted by Crippen LogP contribution is 2.35. The molecule has 2 aliphatic rings. The van der Waals surface area contributed by atoms with E-state index in [9.17, 15) is 27.9 Å². The SMILES string of the molecule is Nc1ncnc2c1ncn2C1CCC(COS(=O)NC(=O)CCC(=O)c2ccccc2C2=C(O)C(=O)S2=O)O1. The van der Waals surface area contributed by atoms with Gasteiger partial charge in [0.25, 0.3) is 16.4 Å². The minimum atomic E-state index is -2.16. The Labute approximate surface area is 225 Å². The average molecular weight is 575 g/mol. The summed E-state index contributed by atoms with van der Waals surface area (Å²) in [5, 5.41) is 8.86. The van der Waals surface area contributed by atoms with Crippen molar-refractivity contribution in [3.05, 3.63) is 53.8 Å². The molecule has 0 aliphatic carbocycles. The van der Waals surface area contributed by atoms with Crippen molar-refractivity contribution in [2.75, 3.05) is 12.3 Å². The van der Waals surface area contributed by atoms with Crippen LogP contribution in [0.25, 0.3) is 16.1 Å². The van der Waals surface area contributed by atoms with Crippen LogP contribution >= 0.6 is 0 Å². The lowest BCUT2D eigenvalue weighted by Crippen LogP contribution is -2.29. The van der Waals surface area contributed by atoms with Crippen molar-refractivity contribution in [1.29, 1.82) is 0 Å². The first-order valence-corrected chi connectivity index (χ1v) is 13.9. The van der Waals surface area contributed by atoms with Crippen LogP contribution in [0.5, 0.6) is 0 Å². The van der Waals surface area contributed by atoms with Crippen molar-refractivity contribution in [2.45, 2.75) is 38.0 Å². The van der Waals surface area contributed by atoms with Crippen molar-refractivity contribution >= 4 is 60.8 Å². The summed E-state index contributed by atoms with van der Waals surface area (Å²) in [6.07, 6.45) is 2.82. The lowest BCUT2D eigenvalue weighted by Gasteiger charge is -2.18. The van der Waals surface area contributed by atoms with Gasteiger partial charge in [0.1, 0.15) is 33.8 Å². The van der Waals surface area contributed by atoms with Gasteiger partial charge in [0.15, 0.2) is 23.0 Å². The molecular formula is C23H22N6O8S2. The first kappa shape index (κ1) is 26.7. The monoisotopic (exact) mass is 574 g/mol. The van der Waals surface area contributed by atoms with Gasteiger partial charge in [-0.2, -0.15) is 0 Å². The summed E-state index contributed by atoms with van der Waals surface area (Å²) in [5.74, 6) is -1.55. The maximum Gasteiger partial charge on any atom is 0.289 e. The van der Waals surface area contributed by atoms with E-state index in [0.717, 1.165) is 0 Å². The number of nitrogens with one attached hydrogen (secondary N) is 1. The van der Waals surface area contributed by atoms with Crippen LogP contribution < -0.4 is 10.5 Å². The van der Waals surface area contributed by atoms with Crippen molar-refractivity contribution in [3.63, 3.8) is 0 Å². The number of carbonyl (C=O) groups excluding carboxylic acids is 3. The second-order valence-electron chi connectivity index (χ2n) is 8.62. The number of imidazole rings is 1. The normalized spacial score (nSPS) is 21.6.